The fourth-order valence-electron chi connectivity index (χ4n) is 1.20. The quantitative estimate of drug-likeness (QED) is 0.746. The number of ether oxygens (including phenoxy) is 2. The number of methoxy groups -OCH3 is 1. The summed E-state index contributed by atoms with van der Waals surface area (Å²) in [5, 5.41) is 2.32. The van der Waals surface area contributed by atoms with Crippen LogP contribution in [0.5, 0.6) is 11.5 Å². The molecule has 87 valence electrons. The van der Waals surface area contributed by atoms with E-state index < -0.39 is 0 Å². The van der Waals surface area contributed by atoms with Crippen molar-refractivity contribution in [2.24, 2.45) is 0 Å². The van der Waals surface area contributed by atoms with E-state index in [1.54, 1.807) is 13.2 Å². The highest BCUT2D eigenvalue weighted by Gasteiger charge is 1.99. The first kappa shape index (κ1) is 12.4. The Kier molecular flexibility index (Phi) is 5.19. The molecule has 0 aliphatic carbocycles. The van der Waals surface area contributed by atoms with Crippen LogP contribution < -0.4 is 14.8 Å². The maximum atomic E-state index is 10.9. The number of nitrogens with one attached hydrogen (secondary N) is 1. The first-order valence-electron chi connectivity index (χ1n) is 5.09. The molecule has 0 unspecified atom stereocenters. The predicted octanol–water partition coefficient (Wildman–Crippen LogP) is 1.76. The first-order valence-corrected chi connectivity index (χ1v) is 5.09. The summed E-state index contributed by atoms with van der Waals surface area (Å²) in [5.74, 6) is 1.43. The van der Waals surface area contributed by atoms with Crippen LogP contribution in [0, 0.1) is 7.05 Å². The van der Waals surface area contributed by atoms with Crippen LogP contribution in [0.3, 0.4) is 0 Å². The molecule has 4 nitrogen and oxygen atoms in total. The highest BCUT2D eigenvalue weighted by atomic mass is 16.5. The minimum Gasteiger partial charge on any atom is -0.497 e. The number of hydrogen-bond donors (Lipinski definition) is 1. The molecule has 0 saturated heterocycles. The minimum absolute atomic E-state index is 0.0748. The van der Waals surface area contributed by atoms with Crippen LogP contribution in [-0.2, 0) is 4.79 Å². The first-order chi connectivity index (χ1) is 7.76. The zero-order valence-electron chi connectivity index (χ0n) is 9.36. The fourth-order valence-corrected chi connectivity index (χ4v) is 1.20. The SMILES string of the molecule is [CH2]NC(=O)CCCOc1cccc(OC)c1. The average molecular weight is 222 g/mol. The van der Waals surface area contributed by atoms with Crippen LogP contribution in [0.25, 0.3) is 0 Å². The molecule has 1 aromatic carbocycles. The minimum atomic E-state index is -0.0748. The Morgan fingerprint density at radius 1 is 1.44 bits per heavy atom. The van der Waals surface area contributed by atoms with Crippen LogP contribution in [0.2, 0.25) is 0 Å². The molecule has 16 heavy (non-hydrogen) atoms. The molecule has 1 N–H and O–H groups in total. The van der Waals surface area contributed by atoms with Crippen molar-refractivity contribution in [2.75, 3.05) is 13.7 Å². The van der Waals surface area contributed by atoms with Gasteiger partial charge in [-0.2, -0.15) is 0 Å². The summed E-state index contributed by atoms with van der Waals surface area (Å²) in [5.41, 5.74) is 0. The molecule has 0 bridgehead atoms. The van der Waals surface area contributed by atoms with E-state index in [0.717, 1.165) is 11.5 Å². The van der Waals surface area contributed by atoms with Crippen LogP contribution in [-0.4, -0.2) is 19.6 Å². The molecule has 1 amide bonds. The summed E-state index contributed by atoms with van der Waals surface area (Å²) >= 11 is 0. The highest BCUT2D eigenvalue weighted by Crippen LogP contribution is 2.18. The maximum Gasteiger partial charge on any atom is 0.220 e. The molecule has 0 spiro atoms. The van der Waals surface area contributed by atoms with Gasteiger partial charge in [0.25, 0.3) is 0 Å². The van der Waals surface area contributed by atoms with Gasteiger partial charge in [0, 0.05) is 19.5 Å². The Hall–Kier alpha value is -1.71. The van der Waals surface area contributed by atoms with Crippen molar-refractivity contribution in [1.82, 2.24) is 5.32 Å². The van der Waals surface area contributed by atoms with Gasteiger partial charge in [-0.25, -0.2) is 0 Å². The topological polar surface area (TPSA) is 47.6 Å². The second kappa shape index (κ2) is 6.71. The molecule has 1 radical (unpaired) electrons. The maximum absolute atomic E-state index is 10.9. The summed E-state index contributed by atoms with van der Waals surface area (Å²) in [6.07, 6.45) is 1.09. The zero-order chi connectivity index (χ0) is 11.8. The number of benzene rings is 1. The largest absolute Gasteiger partial charge is 0.497 e. The lowest BCUT2D eigenvalue weighted by molar-refractivity contribution is -0.120. The van der Waals surface area contributed by atoms with Gasteiger partial charge >= 0.3 is 0 Å². The predicted molar refractivity (Wildman–Crippen MR) is 61.2 cm³/mol. The summed E-state index contributed by atoms with van der Waals surface area (Å²) in [6, 6.07) is 7.37. The number of carbonyl (C=O) groups excluding carboxylic acids is 1. The van der Waals surface area contributed by atoms with Crippen molar-refractivity contribution in [1.29, 1.82) is 0 Å². The molecule has 0 aliphatic rings. The molecule has 0 fully saturated rings. The van der Waals surface area contributed by atoms with Crippen molar-refractivity contribution >= 4 is 5.91 Å². The molecule has 0 aliphatic heterocycles. The van der Waals surface area contributed by atoms with E-state index in [9.17, 15) is 4.79 Å². The van der Waals surface area contributed by atoms with E-state index in [2.05, 4.69) is 12.4 Å². The Morgan fingerprint density at radius 2 is 2.19 bits per heavy atom. The van der Waals surface area contributed by atoms with Crippen molar-refractivity contribution in [3.63, 3.8) is 0 Å². The lowest BCUT2D eigenvalue weighted by atomic mass is 10.3. The van der Waals surface area contributed by atoms with Crippen LogP contribution in [0.1, 0.15) is 12.8 Å². The molecular weight excluding hydrogens is 206 g/mol. The monoisotopic (exact) mass is 222 g/mol. The summed E-state index contributed by atoms with van der Waals surface area (Å²) in [6.45, 7) is 0.501. The third-order valence-electron chi connectivity index (χ3n) is 2.06. The summed E-state index contributed by atoms with van der Waals surface area (Å²) < 4.78 is 10.5. The van der Waals surface area contributed by atoms with Crippen LogP contribution in [0.15, 0.2) is 24.3 Å². The molecule has 1 aromatic rings. The summed E-state index contributed by atoms with van der Waals surface area (Å²) in [7, 11) is 4.90. The molecule has 0 heterocycles. The van der Waals surface area contributed by atoms with E-state index in [0.29, 0.717) is 19.4 Å². The van der Waals surface area contributed by atoms with Gasteiger partial charge in [0.2, 0.25) is 5.91 Å². The molecule has 4 heteroatoms. The Morgan fingerprint density at radius 3 is 2.88 bits per heavy atom. The van der Waals surface area contributed by atoms with E-state index in [1.165, 1.54) is 0 Å². The second-order valence-corrected chi connectivity index (χ2v) is 3.23. The lowest BCUT2D eigenvalue weighted by Crippen LogP contribution is -2.15. The molecule has 1 rings (SSSR count). The van der Waals surface area contributed by atoms with Gasteiger partial charge in [-0.15, -0.1) is 0 Å². The summed E-state index contributed by atoms with van der Waals surface area (Å²) in [4.78, 5) is 10.9. The highest BCUT2D eigenvalue weighted by molar-refractivity contribution is 5.75. The number of amides is 1. The Labute approximate surface area is 95.6 Å². The molecular formula is C12H16NO3. The smallest absolute Gasteiger partial charge is 0.220 e. The van der Waals surface area contributed by atoms with Crippen molar-refractivity contribution in [3.05, 3.63) is 31.3 Å². The van der Waals surface area contributed by atoms with Gasteiger partial charge in [0.05, 0.1) is 13.7 Å². The van der Waals surface area contributed by atoms with Crippen molar-refractivity contribution in [3.8, 4) is 11.5 Å². The van der Waals surface area contributed by atoms with Crippen molar-refractivity contribution < 1.29 is 14.3 Å². The van der Waals surface area contributed by atoms with E-state index >= 15 is 0 Å². The fraction of sp³-hybridized carbons (Fsp3) is 0.333. The molecule has 0 saturated carbocycles. The van der Waals surface area contributed by atoms with Gasteiger partial charge in [0.1, 0.15) is 11.5 Å². The van der Waals surface area contributed by atoms with Gasteiger partial charge < -0.3 is 14.8 Å². The normalized spacial score (nSPS) is 9.62. The Balaban J connectivity index is 2.28. The van der Waals surface area contributed by atoms with Gasteiger partial charge in [-0.05, 0) is 18.6 Å². The standard InChI is InChI=1S/C12H16NO3/c1-13-12(14)7-4-8-16-11-6-3-5-10(9-11)15-2/h3,5-6,9H,1,4,7-8H2,2H3,(H,13,14). The third kappa shape index (κ3) is 4.21. The van der Waals surface area contributed by atoms with Gasteiger partial charge in [-0.3, -0.25) is 4.79 Å². The van der Waals surface area contributed by atoms with E-state index in [1.807, 2.05) is 18.2 Å². The van der Waals surface area contributed by atoms with E-state index in [4.69, 9.17) is 9.47 Å². The third-order valence-corrected chi connectivity index (χ3v) is 2.06. The van der Waals surface area contributed by atoms with Gasteiger partial charge in [0.15, 0.2) is 0 Å². The average Bonchev–Trinajstić information content (AvgIpc) is 2.34. The zero-order valence-corrected chi connectivity index (χ0v) is 9.36. The lowest BCUT2D eigenvalue weighted by Gasteiger charge is -2.07. The molecule has 0 atom stereocenters. The number of carbonyl (C=O) groups is 1. The molecule has 0 aromatic heterocycles. The van der Waals surface area contributed by atoms with Crippen LogP contribution in [0.4, 0.5) is 0 Å². The number of hydrogen-bond acceptors (Lipinski definition) is 3. The van der Waals surface area contributed by atoms with Gasteiger partial charge in [-0.1, -0.05) is 6.07 Å². The van der Waals surface area contributed by atoms with Crippen molar-refractivity contribution in [2.45, 2.75) is 12.8 Å². The second-order valence-electron chi connectivity index (χ2n) is 3.23. The number of rotatable bonds is 6. The van der Waals surface area contributed by atoms with E-state index in [-0.39, 0.29) is 5.91 Å². The Bertz CT molecular complexity index is 339. The van der Waals surface area contributed by atoms with Crippen LogP contribution >= 0.6 is 0 Å².